The summed E-state index contributed by atoms with van der Waals surface area (Å²) in [5, 5.41) is 3.20. The third-order valence-electron chi connectivity index (χ3n) is 5.90. The van der Waals surface area contributed by atoms with Crippen molar-refractivity contribution in [3.05, 3.63) is 39.9 Å². The van der Waals surface area contributed by atoms with Gasteiger partial charge >= 0.3 is 11.9 Å². The van der Waals surface area contributed by atoms with E-state index >= 15 is 0 Å². The fraction of sp³-hybridized carbons (Fsp3) is 0.500. The van der Waals surface area contributed by atoms with Crippen LogP contribution in [0.2, 0.25) is 0 Å². The molecule has 0 aromatic carbocycles. The monoisotopic (exact) mass is 487 g/mol. The van der Waals surface area contributed by atoms with Gasteiger partial charge in [0.2, 0.25) is 0 Å². The lowest BCUT2D eigenvalue weighted by Crippen LogP contribution is -2.36. The van der Waals surface area contributed by atoms with Crippen molar-refractivity contribution in [1.29, 1.82) is 0 Å². The normalized spacial score (nSPS) is 17.6. The van der Waals surface area contributed by atoms with Crippen molar-refractivity contribution in [2.45, 2.75) is 33.1 Å². The topological polar surface area (TPSA) is 107 Å². The number of fused-ring (bicyclic) bond motifs is 1. The van der Waals surface area contributed by atoms with Crippen LogP contribution < -0.4 is 10.2 Å². The molecule has 0 radical (unpaired) electrons. The molecule has 9 nitrogen and oxygen atoms in total. The number of aromatic nitrogens is 1. The summed E-state index contributed by atoms with van der Waals surface area (Å²) in [6, 6.07) is 3.39. The van der Waals surface area contributed by atoms with Crippen LogP contribution in [0.1, 0.15) is 51.4 Å². The Morgan fingerprint density at radius 1 is 1.21 bits per heavy atom. The number of hydrogen-bond donors (Lipinski definition) is 1. The SMILES string of the molecule is CCOC(=O)c1c(NC(=O)COC(=O)c2ccc(N3CCOCC3)nc2)sc2c1CC[C@@H](C)C2. The number of pyridine rings is 1. The molecule has 2 aliphatic rings. The fourth-order valence-corrected chi connectivity index (χ4v) is 5.54. The van der Waals surface area contributed by atoms with E-state index in [1.807, 2.05) is 0 Å². The van der Waals surface area contributed by atoms with Crippen LogP contribution in [0.5, 0.6) is 0 Å². The minimum absolute atomic E-state index is 0.253. The second kappa shape index (κ2) is 11.0. The van der Waals surface area contributed by atoms with E-state index in [4.69, 9.17) is 14.2 Å². The van der Waals surface area contributed by atoms with Crippen LogP contribution in [0.15, 0.2) is 18.3 Å². The van der Waals surface area contributed by atoms with Gasteiger partial charge in [-0.15, -0.1) is 11.3 Å². The summed E-state index contributed by atoms with van der Waals surface area (Å²) in [7, 11) is 0. The molecule has 0 bridgehead atoms. The first-order valence-corrected chi connectivity index (χ1v) is 12.3. The van der Waals surface area contributed by atoms with Gasteiger partial charge in [0.25, 0.3) is 5.91 Å². The van der Waals surface area contributed by atoms with Gasteiger partial charge in [-0.25, -0.2) is 14.6 Å². The number of thiophene rings is 1. The Labute approximate surface area is 202 Å². The highest BCUT2D eigenvalue weighted by Crippen LogP contribution is 2.40. The number of esters is 2. The van der Waals surface area contributed by atoms with E-state index in [1.165, 1.54) is 17.5 Å². The molecule has 1 fully saturated rings. The molecule has 1 amide bonds. The van der Waals surface area contributed by atoms with Crippen molar-refractivity contribution in [2.24, 2.45) is 5.92 Å². The van der Waals surface area contributed by atoms with Crippen molar-refractivity contribution < 1.29 is 28.6 Å². The van der Waals surface area contributed by atoms with E-state index in [1.54, 1.807) is 19.1 Å². The first-order chi connectivity index (χ1) is 16.5. The van der Waals surface area contributed by atoms with E-state index in [9.17, 15) is 14.4 Å². The number of nitrogens with zero attached hydrogens (tertiary/aromatic N) is 2. The van der Waals surface area contributed by atoms with Gasteiger partial charge in [0.05, 0.1) is 30.9 Å². The minimum Gasteiger partial charge on any atom is -0.462 e. The number of hydrogen-bond acceptors (Lipinski definition) is 9. The van der Waals surface area contributed by atoms with Gasteiger partial charge in [-0.05, 0) is 49.8 Å². The van der Waals surface area contributed by atoms with Crippen molar-refractivity contribution in [2.75, 3.05) is 49.7 Å². The number of rotatable bonds is 7. The average molecular weight is 488 g/mol. The Balaban J connectivity index is 1.37. The summed E-state index contributed by atoms with van der Waals surface area (Å²) in [6.45, 7) is 6.49. The molecule has 2 aromatic rings. The molecular formula is C24H29N3O6S. The molecule has 1 saturated heterocycles. The second-order valence-electron chi connectivity index (χ2n) is 8.41. The first-order valence-electron chi connectivity index (χ1n) is 11.5. The number of anilines is 2. The van der Waals surface area contributed by atoms with E-state index in [2.05, 4.69) is 22.1 Å². The zero-order chi connectivity index (χ0) is 24.1. The molecule has 1 N–H and O–H groups in total. The molecule has 1 atom stereocenters. The lowest BCUT2D eigenvalue weighted by atomic mass is 9.88. The third kappa shape index (κ3) is 5.56. The minimum atomic E-state index is -0.638. The standard InChI is InChI=1S/C24H29N3O6S/c1-3-32-24(30)21-17-6-4-15(2)12-18(17)34-22(21)26-20(28)14-33-23(29)16-5-7-19(25-13-16)27-8-10-31-11-9-27/h5,7,13,15H,3-4,6,8-12,14H2,1-2H3,(H,26,28)/t15-/m1/s1. The van der Waals surface area contributed by atoms with Crippen molar-refractivity contribution in [3.63, 3.8) is 0 Å². The fourth-order valence-electron chi connectivity index (χ4n) is 4.12. The highest BCUT2D eigenvalue weighted by atomic mass is 32.1. The van der Waals surface area contributed by atoms with Crippen LogP contribution in [0.4, 0.5) is 10.8 Å². The average Bonchev–Trinajstić information content (AvgIpc) is 3.20. The Morgan fingerprint density at radius 2 is 2.00 bits per heavy atom. The molecule has 1 aliphatic carbocycles. The summed E-state index contributed by atoms with van der Waals surface area (Å²) < 4.78 is 15.7. The predicted molar refractivity (Wildman–Crippen MR) is 128 cm³/mol. The van der Waals surface area contributed by atoms with Crippen molar-refractivity contribution in [3.8, 4) is 0 Å². The third-order valence-corrected chi connectivity index (χ3v) is 7.07. The summed E-state index contributed by atoms with van der Waals surface area (Å²) >= 11 is 1.40. The lowest BCUT2D eigenvalue weighted by molar-refractivity contribution is -0.119. The summed E-state index contributed by atoms with van der Waals surface area (Å²) in [5.41, 5.74) is 1.65. The van der Waals surface area contributed by atoms with Gasteiger partial charge in [-0.1, -0.05) is 6.92 Å². The van der Waals surface area contributed by atoms with Crippen LogP contribution in [-0.2, 0) is 31.8 Å². The molecule has 34 heavy (non-hydrogen) atoms. The predicted octanol–water partition coefficient (Wildman–Crippen LogP) is 3.08. The van der Waals surface area contributed by atoms with Crippen LogP contribution in [0.3, 0.4) is 0 Å². The molecule has 1 aliphatic heterocycles. The maximum absolute atomic E-state index is 12.6. The molecule has 0 saturated carbocycles. The highest BCUT2D eigenvalue weighted by molar-refractivity contribution is 7.17. The number of carbonyl (C=O) groups excluding carboxylic acids is 3. The Morgan fingerprint density at radius 3 is 2.71 bits per heavy atom. The molecule has 4 rings (SSSR count). The van der Waals surface area contributed by atoms with E-state index in [0.29, 0.717) is 29.7 Å². The van der Waals surface area contributed by atoms with E-state index in [-0.39, 0.29) is 12.2 Å². The van der Waals surface area contributed by atoms with Crippen LogP contribution >= 0.6 is 11.3 Å². The molecule has 3 heterocycles. The quantitative estimate of drug-likeness (QED) is 0.594. The zero-order valence-electron chi connectivity index (χ0n) is 19.4. The van der Waals surface area contributed by atoms with Gasteiger partial charge in [0, 0.05) is 24.2 Å². The van der Waals surface area contributed by atoms with E-state index < -0.39 is 24.5 Å². The summed E-state index contributed by atoms with van der Waals surface area (Å²) in [4.78, 5) is 45.0. The van der Waals surface area contributed by atoms with Gasteiger partial charge in [0.15, 0.2) is 6.61 Å². The maximum atomic E-state index is 12.6. The molecule has 182 valence electrons. The number of amides is 1. The molecular weight excluding hydrogens is 458 g/mol. The number of nitrogens with one attached hydrogen (secondary N) is 1. The summed E-state index contributed by atoms with van der Waals surface area (Å²) in [5.74, 6) is -0.299. The smallest absolute Gasteiger partial charge is 0.341 e. The van der Waals surface area contributed by atoms with Gasteiger partial charge in [0.1, 0.15) is 10.8 Å². The maximum Gasteiger partial charge on any atom is 0.341 e. The summed E-state index contributed by atoms with van der Waals surface area (Å²) in [6.07, 6.45) is 4.07. The first kappa shape index (κ1) is 24.2. The molecule has 0 unspecified atom stereocenters. The van der Waals surface area contributed by atoms with Crippen molar-refractivity contribution in [1.82, 2.24) is 4.98 Å². The molecule has 2 aromatic heterocycles. The second-order valence-corrected chi connectivity index (χ2v) is 9.51. The Hall–Kier alpha value is -2.98. The Bertz CT molecular complexity index is 1050. The van der Waals surface area contributed by atoms with Gasteiger partial charge in [-0.2, -0.15) is 0 Å². The van der Waals surface area contributed by atoms with Crippen LogP contribution in [0.25, 0.3) is 0 Å². The number of ether oxygens (including phenoxy) is 3. The lowest BCUT2D eigenvalue weighted by Gasteiger charge is -2.27. The number of carbonyl (C=O) groups is 3. The largest absolute Gasteiger partial charge is 0.462 e. The van der Waals surface area contributed by atoms with Gasteiger partial charge in [-0.3, -0.25) is 4.79 Å². The van der Waals surface area contributed by atoms with Crippen molar-refractivity contribution >= 4 is 40.0 Å². The van der Waals surface area contributed by atoms with Gasteiger partial charge < -0.3 is 24.4 Å². The molecule has 0 spiro atoms. The zero-order valence-corrected chi connectivity index (χ0v) is 20.2. The van der Waals surface area contributed by atoms with E-state index in [0.717, 1.165) is 48.6 Å². The highest BCUT2D eigenvalue weighted by Gasteiger charge is 2.29. The van der Waals surface area contributed by atoms with Crippen LogP contribution in [-0.4, -0.2) is 62.3 Å². The number of morpholine rings is 1. The Kier molecular flexibility index (Phi) is 7.79. The molecule has 10 heteroatoms. The van der Waals surface area contributed by atoms with Crippen LogP contribution in [0, 0.1) is 5.92 Å².